The van der Waals surface area contributed by atoms with Crippen LogP contribution in [0.25, 0.3) is 0 Å². The maximum absolute atomic E-state index is 13.7. The molecule has 1 fully saturated rings. The molecule has 0 unspecified atom stereocenters. The number of anilines is 1. The summed E-state index contributed by atoms with van der Waals surface area (Å²) < 4.78 is 13.7. The van der Waals surface area contributed by atoms with E-state index in [0.29, 0.717) is 19.6 Å². The van der Waals surface area contributed by atoms with Crippen LogP contribution >= 0.6 is 0 Å². The van der Waals surface area contributed by atoms with E-state index in [-0.39, 0.29) is 24.2 Å². The predicted octanol–water partition coefficient (Wildman–Crippen LogP) is 1.98. The van der Waals surface area contributed by atoms with Crippen molar-refractivity contribution in [2.24, 2.45) is 0 Å². The average Bonchev–Trinajstić information content (AvgIpc) is 2.81. The number of hydrogen-bond donors (Lipinski definition) is 1. The van der Waals surface area contributed by atoms with Gasteiger partial charge in [-0.05, 0) is 18.6 Å². The van der Waals surface area contributed by atoms with Gasteiger partial charge in [-0.3, -0.25) is 9.69 Å². The van der Waals surface area contributed by atoms with Gasteiger partial charge in [0.15, 0.2) is 0 Å². The Balaban J connectivity index is 1.93. The second-order valence-electron chi connectivity index (χ2n) is 5.01. The lowest BCUT2D eigenvalue weighted by atomic mass is 10.3. The van der Waals surface area contributed by atoms with Crippen LogP contribution in [-0.4, -0.2) is 43.0 Å². The summed E-state index contributed by atoms with van der Waals surface area (Å²) in [4.78, 5) is 26.8. The second kappa shape index (κ2) is 7.06. The predicted molar refractivity (Wildman–Crippen MR) is 78.6 cm³/mol. The van der Waals surface area contributed by atoms with Gasteiger partial charge in [-0.25, -0.2) is 9.18 Å². The third-order valence-electron chi connectivity index (χ3n) is 3.43. The summed E-state index contributed by atoms with van der Waals surface area (Å²) in [6.45, 7) is 3.50. The highest BCUT2D eigenvalue weighted by atomic mass is 19.1. The zero-order valence-electron chi connectivity index (χ0n) is 12.1. The van der Waals surface area contributed by atoms with Crippen LogP contribution in [0, 0.1) is 5.82 Å². The Kier molecular flexibility index (Phi) is 5.14. The molecule has 0 radical (unpaired) electrons. The molecule has 1 saturated heterocycles. The van der Waals surface area contributed by atoms with Gasteiger partial charge in [0.25, 0.3) is 0 Å². The van der Waals surface area contributed by atoms with E-state index >= 15 is 0 Å². The Morgan fingerprint density at radius 1 is 1.33 bits per heavy atom. The second-order valence-corrected chi connectivity index (χ2v) is 5.01. The van der Waals surface area contributed by atoms with Crippen LogP contribution < -0.4 is 10.2 Å². The maximum Gasteiger partial charge on any atom is 0.325 e. The Labute approximate surface area is 123 Å². The minimum atomic E-state index is -0.430. The lowest BCUT2D eigenvalue weighted by Gasteiger charge is -2.18. The largest absolute Gasteiger partial charge is 0.355 e. The number of benzene rings is 1. The topological polar surface area (TPSA) is 52.7 Å². The lowest BCUT2D eigenvalue weighted by Crippen LogP contribution is -2.40. The Hall–Kier alpha value is -2.11. The number of hydrogen-bond acceptors (Lipinski definition) is 2. The molecule has 0 aliphatic carbocycles. The summed E-state index contributed by atoms with van der Waals surface area (Å²) in [6, 6.07) is 5.83. The molecule has 21 heavy (non-hydrogen) atoms. The van der Waals surface area contributed by atoms with Crippen LogP contribution in [0.2, 0.25) is 0 Å². The van der Waals surface area contributed by atoms with E-state index in [1.807, 2.05) is 6.92 Å². The summed E-state index contributed by atoms with van der Waals surface area (Å²) in [5, 5.41) is 2.77. The van der Waals surface area contributed by atoms with Gasteiger partial charge in [0.05, 0.1) is 5.69 Å². The smallest absolute Gasteiger partial charge is 0.325 e. The van der Waals surface area contributed by atoms with Gasteiger partial charge in [0, 0.05) is 19.6 Å². The van der Waals surface area contributed by atoms with E-state index in [4.69, 9.17) is 0 Å². The van der Waals surface area contributed by atoms with E-state index in [1.165, 1.54) is 15.9 Å². The summed E-state index contributed by atoms with van der Waals surface area (Å²) in [5.74, 6) is -0.604. The van der Waals surface area contributed by atoms with Crippen molar-refractivity contribution in [3.05, 3.63) is 30.1 Å². The molecule has 1 heterocycles. The lowest BCUT2D eigenvalue weighted by molar-refractivity contribution is -0.121. The number of urea groups is 1. The van der Waals surface area contributed by atoms with Crippen molar-refractivity contribution < 1.29 is 14.0 Å². The first kappa shape index (κ1) is 15.3. The van der Waals surface area contributed by atoms with Crippen molar-refractivity contribution in [1.29, 1.82) is 0 Å². The van der Waals surface area contributed by atoms with Crippen molar-refractivity contribution >= 4 is 17.6 Å². The first-order valence-electron chi connectivity index (χ1n) is 7.21. The first-order chi connectivity index (χ1) is 10.1. The van der Waals surface area contributed by atoms with Crippen molar-refractivity contribution in [3.8, 4) is 0 Å². The summed E-state index contributed by atoms with van der Waals surface area (Å²) in [6.07, 6.45) is 1.92. The molecular weight excluding hydrogens is 273 g/mol. The SMILES string of the molecule is CCCCNC(=O)CN1CCN(c2ccccc2F)C1=O. The van der Waals surface area contributed by atoms with Crippen LogP contribution in [0.4, 0.5) is 14.9 Å². The van der Waals surface area contributed by atoms with Crippen LogP contribution in [-0.2, 0) is 4.79 Å². The highest BCUT2D eigenvalue weighted by molar-refractivity contribution is 5.96. The molecule has 1 aliphatic heterocycles. The monoisotopic (exact) mass is 293 g/mol. The third kappa shape index (κ3) is 3.71. The molecule has 0 bridgehead atoms. The molecule has 1 aliphatic rings. The molecule has 0 spiro atoms. The zero-order valence-corrected chi connectivity index (χ0v) is 12.1. The number of unbranched alkanes of at least 4 members (excludes halogenated alkanes) is 1. The van der Waals surface area contributed by atoms with Gasteiger partial charge in [0.2, 0.25) is 5.91 Å². The van der Waals surface area contributed by atoms with Gasteiger partial charge in [-0.1, -0.05) is 25.5 Å². The number of rotatable bonds is 6. The fourth-order valence-corrected chi connectivity index (χ4v) is 2.26. The number of carbonyl (C=O) groups is 2. The Bertz CT molecular complexity index is 521. The minimum absolute atomic E-state index is 0.0213. The molecular formula is C15H20FN3O2. The fourth-order valence-electron chi connectivity index (χ4n) is 2.26. The van der Waals surface area contributed by atoms with Gasteiger partial charge in [-0.15, -0.1) is 0 Å². The van der Waals surface area contributed by atoms with Crippen LogP contribution in [0.3, 0.4) is 0 Å². The first-order valence-corrected chi connectivity index (χ1v) is 7.21. The Morgan fingerprint density at radius 2 is 2.10 bits per heavy atom. The van der Waals surface area contributed by atoms with Crippen LogP contribution in [0.5, 0.6) is 0 Å². The highest BCUT2D eigenvalue weighted by Crippen LogP contribution is 2.23. The molecule has 1 aromatic rings. The van der Waals surface area contributed by atoms with Crippen molar-refractivity contribution in [2.45, 2.75) is 19.8 Å². The standard InChI is InChI=1S/C15H20FN3O2/c1-2-3-8-17-14(20)11-18-9-10-19(15(18)21)13-7-5-4-6-12(13)16/h4-7H,2-3,8-11H2,1H3,(H,17,20). The molecule has 0 saturated carbocycles. The number of para-hydroxylation sites is 1. The van der Waals surface area contributed by atoms with Gasteiger partial charge < -0.3 is 10.2 Å². The van der Waals surface area contributed by atoms with E-state index in [0.717, 1.165) is 12.8 Å². The van der Waals surface area contributed by atoms with Crippen LogP contribution in [0.1, 0.15) is 19.8 Å². The van der Waals surface area contributed by atoms with E-state index < -0.39 is 5.82 Å². The zero-order chi connectivity index (χ0) is 15.2. The molecule has 1 aromatic carbocycles. The fraction of sp³-hybridized carbons (Fsp3) is 0.467. The summed E-state index contributed by atoms with van der Waals surface area (Å²) >= 11 is 0. The van der Waals surface area contributed by atoms with E-state index in [2.05, 4.69) is 5.32 Å². The molecule has 5 nitrogen and oxygen atoms in total. The third-order valence-corrected chi connectivity index (χ3v) is 3.43. The summed E-state index contributed by atoms with van der Waals surface area (Å²) in [7, 11) is 0. The van der Waals surface area contributed by atoms with Crippen LogP contribution in [0.15, 0.2) is 24.3 Å². The molecule has 0 atom stereocenters. The highest BCUT2D eigenvalue weighted by Gasteiger charge is 2.31. The van der Waals surface area contributed by atoms with Crippen molar-refractivity contribution in [1.82, 2.24) is 10.2 Å². The van der Waals surface area contributed by atoms with Gasteiger partial charge in [0.1, 0.15) is 12.4 Å². The molecule has 0 aromatic heterocycles. The van der Waals surface area contributed by atoms with Gasteiger partial charge >= 0.3 is 6.03 Å². The average molecular weight is 293 g/mol. The minimum Gasteiger partial charge on any atom is -0.355 e. The van der Waals surface area contributed by atoms with E-state index in [9.17, 15) is 14.0 Å². The molecule has 1 N–H and O–H groups in total. The number of nitrogens with one attached hydrogen (secondary N) is 1. The molecule has 6 heteroatoms. The van der Waals surface area contributed by atoms with Crippen molar-refractivity contribution in [3.63, 3.8) is 0 Å². The molecule has 2 rings (SSSR count). The maximum atomic E-state index is 13.7. The normalized spacial score (nSPS) is 14.7. The number of amides is 3. The Morgan fingerprint density at radius 3 is 2.81 bits per heavy atom. The number of nitrogens with zero attached hydrogens (tertiary/aromatic N) is 2. The van der Waals surface area contributed by atoms with E-state index in [1.54, 1.807) is 18.2 Å². The van der Waals surface area contributed by atoms with Crippen molar-refractivity contribution in [2.75, 3.05) is 31.1 Å². The molecule has 3 amide bonds. The number of carbonyl (C=O) groups excluding carboxylic acids is 2. The quantitative estimate of drug-likeness (QED) is 0.815. The molecule has 114 valence electrons. The number of halogens is 1. The van der Waals surface area contributed by atoms with Gasteiger partial charge in [-0.2, -0.15) is 0 Å². The summed E-state index contributed by atoms with van der Waals surface area (Å²) in [5.41, 5.74) is 0.261.